The summed E-state index contributed by atoms with van der Waals surface area (Å²) in [6.45, 7) is 2.06. The third-order valence-corrected chi connectivity index (χ3v) is 5.42. The van der Waals surface area contributed by atoms with E-state index in [2.05, 4.69) is 10.6 Å². The Balaban J connectivity index is 1.57. The maximum atomic E-state index is 12.5. The summed E-state index contributed by atoms with van der Waals surface area (Å²) in [6, 6.07) is 13.9. The fraction of sp³-hybridized carbons (Fsp3) is 0.348. The van der Waals surface area contributed by atoms with Gasteiger partial charge in [-0.3, -0.25) is 14.4 Å². The number of nitrogens with one attached hydrogen (secondary N) is 2. The molecule has 0 saturated heterocycles. The Morgan fingerprint density at radius 3 is 2.41 bits per heavy atom. The number of carboxylic acids is 1. The van der Waals surface area contributed by atoms with Gasteiger partial charge in [0.15, 0.2) is 0 Å². The molecule has 2 aromatic rings. The molecule has 0 radical (unpaired) electrons. The zero-order chi connectivity index (χ0) is 20.8. The number of hydrogen-bond acceptors (Lipinski definition) is 3. The van der Waals surface area contributed by atoms with E-state index in [4.69, 9.17) is 5.11 Å². The zero-order valence-corrected chi connectivity index (χ0v) is 16.5. The Morgan fingerprint density at radius 1 is 1.07 bits per heavy atom. The Hall–Kier alpha value is -3.15. The van der Waals surface area contributed by atoms with Crippen molar-refractivity contribution in [3.05, 3.63) is 65.2 Å². The van der Waals surface area contributed by atoms with Gasteiger partial charge in [0.05, 0.1) is 5.92 Å². The molecule has 1 saturated carbocycles. The van der Waals surface area contributed by atoms with E-state index in [0.29, 0.717) is 23.4 Å². The summed E-state index contributed by atoms with van der Waals surface area (Å²) in [6.07, 6.45) is 4.19. The summed E-state index contributed by atoms with van der Waals surface area (Å²) >= 11 is 0. The van der Waals surface area contributed by atoms with Gasteiger partial charge in [-0.2, -0.15) is 0 Å². The molecule has 1 unspecified atom stereocenters. The first kappa shape index (κ1) is 20.6. The van der Waals surface area contributed by atoms with Gasteiger partial charge < -0.3 is 15.7 Å². The predicted molar refractivity (Wildman–Crippen MR) is 111 cm³/mol. The Kier molecular flexibility index (Phi) is 6.65. The van der Waals surface area contributed by atoms with E-state index in [-0.39, 0.29) is 17.7 Å². The van der Waals surface area contributed by atoms with Crippen molar-refractivity contribution in [1.29, 1.82) is 0 Å². The summed E-state index contributed by atoms with van der Waals surface area (Å²) < 4.78 is 0. The van der Waals surface area contributed by atoms with Crippen molar-refractivity contribution < 1.29 is 19.5 Å². The Labute approximate surface area is 170 Å². The van der Waals surface area contributed by atoms with Gasteiger partial charge in [-0.05, 0) is 55.2 Å². The number of carbonyl (C=O) groups is 3. The zero-order valence-electron chi connectivity index (χ0n) is 16.5. The van der Waals surface area contributed by atoms with Crippen LogP contribution in [0.2, 0.25) is 0 Å². The molecule has 3 N–H and O–H groups in total. The van der Waals surface area contributed by atoms with Crippen LogP contribution in [0.15, 0.2) is 48.5 Å². The van der Waals surface area contributed by atoms with Crippen molar-refractivity contribution in [1.82, 2.24) is 5.32 Å². The first-order valence-corrected chi connectivity index (χ1v) is 9.95. The molecule has 3 rings (SSSR count). The second-order valence-corrected chi connectivity index (χ2v) is 7.54. The SMILES string of the molecule is CC(C(=O)O)c1cccc(NC(=O)c2ccc(CNC(=O)C3CCCC3)cc2)c1. The number of carbonyl (C=O) groups excluding carboxylic acids is 2. The average Bonchev–Trinajstić information content (AvgIpc) is 3.27. The number of carboxylic acid groups (broad SMARTS) is 1. The van der Waals surface area contributed by atoms with Gasteiger partial charge in [0, 0.05) is 23.7 Å². The van der Waals surface area contributed by atoms with Gasteiger partial charge >= 0.3 is 5.97 Å². The minimum absolute atomic E-state index is 0.111. The minimum Gasteiger partial charge on any atom is -0.481 e. The van der Waals surface area contributed by atoms with Crippen LogP contribution in [-0.2, 0) is 16.1 Å². The molecule has 0 spiro atoms. The maximum absolute atomic E-state index is 12.5. The van der Waals surface area contributed by atoms with E-state index in [9.17, 15) is 14.4 Å². The van der Waals surface area contributed by atoms with Gasteiger partial charge in [-0.15, -0.1) is 0 Å². The van der Waals surface area contributed by atoms with Crippen molar-refractivity contribution in [3.8, 4) is 0 Å². The highest BCUT2D eigenvalue weighted by atomic mass is 16.4. The lowest BCUT2D eigenvalue weighted by atomic mass is 10.0. The molecular weight excluding hydrogens is 368 g/mol. The maximum Gasteiger partial charge on any atom is 0.310 e. The molecule has 152 valence electrons. The second-order valence-electron chi connectivity index (χ2n) is 7.54. The number of anilines is 1. The Morgan fingerprint density at radius 2 is 1.76 bits per heavy atom. The molecule has 1 aliphatic rings. The van der Waals surface area contributed by atoms with E-state index >= 15 is 0 Å². The van der Waals surface area contributed by atoms with E-state index in [0.717, 1.165) is 31.2 Å². The highest BCUT2D eigenvalue weighted by Crippen LogP contribution is 2.24. The molecule has 6 nitrogen and oxygen atoms in total. The first-order chi connectivity index (χ1) is 13.9. The van der Waals surface area contributed by atoms with E-state index in [1.807, 2.05) is 12.1 Å². The molecule has 0 aliphatic heterocycles. The summed E-state index contributed by atoms with van der Waals surface area (Å²) in [4.78, 5) is 35.7. The van der Waals surface area contributed by atoms with Gasteiger partial charge in [0.2, 0.25) is 5.91 Å². The smallest absolute Gasteiger partial charge is 0.310 e. The van der Waals surface area contributed by atoms with Crippen molar-refractivity contribution in [2.75, 3.05) is 5.32 Å². The lowest BCUT2D eigenvalue weighted by Gasteiger charge is -2.11. The monoisotopic (exact) mass is 394 g/mol. The highest BCUT2D eigenvalue weighted by Gasteiger charge is 2.22. The second kappa shape index (κ2) is 9.37. The number of rotatable bonds is 7. The van der Waals surface area contributed by atoms with Crippen LogP contribution in [0.25, 0.3) is 0 Å². The van der Waals surface area contributed by atoms with E-state index in [1.165, 1.54) is 0 Å². The quantitative estimate of drug-likeness (QED) is 0.663. The summed E-state index contributed by atoms with van der Waals surface area (Å²) in [7, 11) is 0. The summed E-state index contributed by atoms with van der Waals surface area (Å²) in [5.41, 5.74) is 2.61. The topological polar surface area (TPSA) is 95.5 Å². The normalized spacial score (nSPS) is 14.9. The van der Waals surface area contributed by atoms with Crippen LogP contribution in [0.1, 0.15) is 60.0 Å². The van der Waals surface area contributed by atoms with Crippen LogP contribution in [0.4, 0.5) is 5.69 Å². The van der Waals surface area contributed by atoms with Gasteiger partial charge in [0.1, 0.15) is 0 Å². The summed E-state index contributed by atoms with van der Waals surface area (Å²) in [5, 5.41) is 14.9. The molecule has 1 fully saturated rings. The predicted octanol–water partition coefficient (Wildman–Crippen LogP) is 3.93. The largest absolute Gasteiger partial charge is 0.481 e. The van der Waals surface area contributed by atoms with Crippen LogP contribution in [0, 0.1) is 5.92 Å². The molecule has 2 amide bonds. The molecule has 6 heteroatoms. The number of aliphatic carboxylic acids is 1. The molecule has 29 heavy (non-hydrogen) atoms. The molecule has 0 aromatic heterocycles. The van der Waals surface area contributed by atoms with Crippen LogP contribution >= 0.6 is 0 Å². The van der Waals surface area contributed by atoms with E-state index in [1.54, 1.807) is 43.3 Å². The van der Waals surface area contributed by atoms with Crippen molar-refractivity contribution in [2.45, 2.75) is 45.1 Å². The Bertz CT molecular complexity index is 886. The summed E-state index contributed by atoms with van der Waals surface area (Å²) in [5.74, 6) is -1.58. The third kappa shape index (κ3) is 5.44. The molecule has 0 bridgehead atoms. The fourth-order valence-electron chi connectivity index (χ4n) is 3.53. The minimum atomic E-state index is -0.913. The van der Waals surface area contributed by atoms with Crippen LogP contribution in [0.5, 0.6) is 0 Å². The third-order valence-electron chi connectivity index (χ3n) is 5.42. The van der Waals surface area contributed by atoms with Crippen LogP contribution < -0.4 is 10.6 Å². The van der Waals surface area contributed by atoms with Gasteiger partial charge in [0.25, 0.3) is 5.91 Å². The van der Waals surface area contributed by atoms with Crippen LogP contribution in [-0.4, -0.2) is 22.9 Å². The fourth-order valence-corrected chi connectivity index (χ4v) is 3.53. The van der Waals surface area contributed by atoms with Gasteiger partial charge in [-0.1, -0.05) is 37.1 Å². The first-order valence-electron chi connectivity index (χ1n) is 9.95. The highest BCUT2D eigenvalue weighted by molar-refractivity contribution is 6.04. The van der Waals surface area contributed by atoms with Crippen molar-refractivity contribution >= 4 is 23.5 Å². The lowest BCUT2D eigenvalue weighted by molar-refractivity contribution is -0.138. The molecule has 1 aliphatic carbocycles. The molecule has 0 heterocycles. The lowest BCUT2D eigenvalue weighted by Crippen LogP contribution is -2.28. The van der Waals surface area contributed by atoms with Gasteiger partial charge in [-0.25, -0.2) is 0 Å². The van der Waals surface area contributed by atoms with Crippen molar-refractivity contribution in [3.63, 3.8) is 0 Å². The molecular formula is C23H26N2O4. The average molecular weight is 394 g/mol. The van der Waals surface area contributed by atoms with E-state index < -0.39 is 11.9 Å². The molecule has 1 atom stereocenters. The number of hydrogen-bond donors (Lipinski definition) is 3. The molecule has 2 aromatic carbocycles. The van der Waals surface area contributed by atoms with Crippen LogP contribution in [0.3, 0.4) is 0 Å². The number of benzene rings is 2. The number of amides is 2. The van der Waals surface area contributed by atoms with Crippen molar-refractivity contribution in [2.24, 2.45) is 5.92 Å². The standard InChI is InChI=1S/C23H26N2O4/c1-15(23(28)29)19-7-4-8-20(13-19)25-22(27)18-11-9-16(10-12-18)14-24-21(26)17-5-2-3-6-17/h4,7-13,15,17H,2-3,5-6,14H2,1H3,(H,24,26)(H,25,27)(H,28,29).